The molecule has 7 rings (SSSR count). The zero-order chi connectivity index (χ0) is 24.9. The van der Waals surface area contributed by atoms with E-state index in [9.17, 15) is 0 Å². The number of rotatable bonds is 4. The zero-order valence-electron chi connectivity index (χ0n) is 20.7. The van der Waals surface area contributed by atoms with Gasteiger partial charge in [-0.05, 0) is 60.0 Å². The van der Waals surface area contributed by atoms with Crippen LogP contribution in [-0.4, -0.2) is 11.7 Å². The van der Waals surface area contributed by atoms with E-state index < -0.39 is 0 Å². The molecule has 2 heterocycles. The maximum atomic E-state index is 6.28. The van der Waals surface area contributed by atoms with Gasteiger partial charge >= 0.3 is 0 Å². The van der Waals surface area contributed by atoms with Crippen molar-refractivity contribution in [2.45, 2.75) is 13.3 Å². The van der Waals surface area contributed by atoms with E-state index in [-0.39, 0.29) is 0 Å². The van der Waals surface area contributed by atoms with Crippen LogP contribution in [0, 0.1) is 0 Å². The van der Waals surface area contributed by atoms with E-state index in [4.69, 9.17) is 14.2 Å². The van der Waals surface area contributed by atoms with Gasteiger partial charge in [0.25, 0.3) is 0 Å². The van der Waals surface area contributed by atoms with Gasteiger partial charge < -0.3 is 18.8 Å². The van der Waals surface area contributed by atoms with Crippen LogP contribution in [0.1, 0.15) is 12.5 Å². The number of aryl methyl sites for hydroxylation is 1. The lowest BCUT2D eigenvalue weighted by Gasteiger charge is -2.20. The van der Waals surface area contributed by atoms with E-state index in [2.05, 4.69) is 84.3 Å². The lowest BCUT2D eigenvalue weighted by Crippen LogP contribution is -1.99. The summed E-state index contributed by atoms with van der Waals surface area (Å²) in [7, 11) is 1.75. The molecule has 0 aliphatic carbocycles. The first-order valence-electron chi connectivity index (χ1n) is 12.5. The van der Waals surface area contributed by atoms with E-state index in [0.717, 1.165) is 62.3 Å². The molecule has 0 saturated heterocycles. The fourth-order valence-electron chi connectivity index (χ4n) is 5.40. The molecule has 0 fully saturated rings. The van der Waals surface area contributed by atoms with Gasteiger partial charge in [0, 0.05) is 28.1 Å². The zero-order valence-corrected chi connectivity index (χ0v) is 20.7. The Morgan fingerprint density at radius 3 is 2.08 bits per heavy atom. The van der Waals surface area contributed by atoms with Crippen LogP contribution in [-0.2, 0) is 6.42 Å². The van der Waals surface area contributed by atoms with Crippen molar-refractivity contribution in [1.29, 1.82) is 0 Å². The second-order valence-corrected chi connectivity index (χ2v) is 9.22. The highest BCUT2D eigenvalue weighted by Crippen LogP contribution is 2.48. The van der Waals surface area contributed by atoms with E-state index in [0.29, 0.717) is 11.5 Å². The third kappa shape index (κ3) is 3.37. The maximum Gasteiger partial charge on any atom is 0.172 e. The summed E-state index contributed by atoms with van der Waals surface area (Å²) in [5.41, 5.74) is 6.69. The third-order valence-corrected chi connectivity index (χ3v) is 7.13. The molecular weight excluding hydrogens is 458 g/mol. The number of hydrogen-bond acceptors (Lipinski definition) is 3. The largest absolute Gasteiger partial charge is 0.496 e. The predicted molar refractivity (Wildman–Crippen MR) is 149 cm³/mol. The van der Waals surface area contributed by atoms with Gasteiger partial charge in [0.2, 0.25) is 0 Å². The van der Waals surface area contributed by atoms with Gasteiger partial charge in [0.1, 0.15) is 5.75 Å². The second kappa shape index (κ2) is 8.45. The molecule has 0 amide bonds. The van der Waals surface area contributed by atoms with E-state index in [1.165, 1.54) is 5.56 Å². The predicted octanol–water partition coefficient (Wildman–Crippen LogP) is 8.92. The molecule has 4 nitrogen and oxygen atoms in total. The van der Waals surface area contributed by atoms with Crippen molar-refractivity contribution in [1.82, 2.24) is 4.57 Å². The molecule has 0 radical (unpaired) electrons. The number of nitrogens with zero attached hydrogens (tertiary/aromatic N) is 1. The normalized spacial score (nSPS) is 12.1. The summed E-state index contributed by atoms with van der Waals surface area (Å²) in [6.45, 7) is 2.15. The Kier molecular flexibility index (Phi) is 4.93. The van der Waals surface area contributed by atoms with Gasteiger partial charge in [-0.15, -0.1) is 0 Å². The van der Waals surface area contributed by atoms with Crippen LogP contribution in [0.2, 0.25) is 0 Å². The topological polar surface area (TPSA) is 32.6 Å². The Balaban J connectivity index is 1.51. The van der Waals surface area contributed by atoms with E-state index >= 15 is 0 Å². The summed E-state index contributed by atoms with van der Waals surface area (Å²) in [5.74, 6) is 3.81. The molecule has 180 valence electrons. The first-order chi connectivity index (χ1) is 18.2. The minimum Gasteiger partial charge on any atom is -0.496 e. The summed E-state index contributed by atoms with van der Waals surface area (Å²) in [6.07, 6.45) is 0.914. The molecule has 0 spiro atoms. The standard InChI is InChI=1S/C33H25NO3/c1-3-21-10-9-13-24(33(21)35-2)22-16-17-27-25(18-22)26-19-31-32(37-30-15-8-7-14-29(30)36-31)20-28(26)34(27)23-11-5-4-6-12-23/h4-20H,3H2,1-2H3. The van der Waals surface area contributed by atoms with Crippen molar-refractivity contribution in [2.75, 3.05) is 7.11 Å². The van der Waals surface area contributed by atoms with Gasteiger partial charge in [-0.25, -0.2) is 0 Å². The summed E-state index contributed by atoms with van der Waals surface area (Å²) >= 11 is 0. The molecule has 1 aliphatic rings. The second-order valence-electron chi connectivity index (χ2n) is 9.22. The van der Waals surface area contributed by atoms with Crippen molar-refractivity contribution < 1.29 is 14.2 Å². The summed E-state index contributed by atoms with van der Waals surface area (Å²) in [6, 6.07) is 35.4. The summed E-state index contributed by atoms with van der Waals surface area (Å²) in [5, 5.41) is 2.25. The van der Waals surface area contributed by atoms with Crippen molar-refractivity contribution in [3.63, 3.8) is 0 Å². The first-order valence-corrected chi connectivity index (χ1v) is 12.5. The highest BCUT2D eigenvalue weighted by Gasteiger charge is 2.23. The molecular formula is C33H25NO3. The number of ether oxygens (including phenoxy) is 3. The minimum atomic E-state index is 0.712. The number of methoxy groups -OCH3 is 1. The monoisotopic (exact) mass is 483 g/mol. The Bertz CT molecular complexity index is 1800. The first kappa shape index (κ1) is 21.6. The average molecular weight is 484 g/mol. The molecule has 0 atom stereocenters. The van der Waals surface area contributed by atoms with Gasteiger partial charge in [0.05, 0.1) is 18.1 Å². The molecule has 1 aromatic heterocycles. The van der Waals surface area contributed by atoms with Crippen LogP contribution < -0.4 is 14.2 Å². The smallest absolute Gasteiger partial charge is 0.172 e. The number of para-hydroxylation sites is 4. The maximum absolute atomic E-state index is 6.28. The van der Waals surface area contributed by atoms with Crippen molar-refractivity contribution in [3.05, 3.63) is 109 Å². The molecule has 0 N–H and O–H groups in total. The fraction of sp³-hybridized carbons (Fsp3) is 0.0909. The van der Waals surface area contributed by atoms with Gasteiger partial charge in [0.15, 0.2) is 23.0 Å². The van der Waals surface area contributed by atoms with E-state index in [1.807, 2.05) is 30.3 Å². The molecule has 0 bridgehead atoms. The Labute approximate surface area is 215 Å². The molecule has 5 aromatic carbocycles. The molecule has 37 heavy (non-hydrogen) atoms. The molecule has 1 aliphatic heterocycles. The summed E-state index contributed by atoms with van der Waals surface area (Å²) < 4.78 is 20.7. The van der Waals surface area contributed by atoms with Gasteiger partial charge in [-0.2, -0.15) is 0 Å². The third-order valence-electron chi connectivity index (χ3n) is 7.13. The highest BCUT2D eigenvalue weighted by molar-refractivity contribution is 6.11. The summed E-state index contributed by atoms with van der Waals surface area (Å²) in [4.78, 5) is 0. The van der Waals surface area contributed by atoms with Gasteiger partial charge in [-0.3, -0.25) is 0 Å². The van der Waals surface area contributed by atoms with Gasteiger partial charge in [-0.1, -0.05) is 61.5 Å². The SMILES string of the molecule is CCc1cccc(-c2ccc3c(c2)c2cc4c(cc2n3-c2ccccc2)Oc2ccccc2O4)c1OC. The van der Waals surface area contributed by atoms with Crippen LogP contribution in [0.3, 0.4) is 0 Å². The van der Waals surface area contributed by atoms with Crippen molar-refractivity contribution in [2.24, 2.45) is 0 Å². The van der Waals surface area contributed by atoms with Crippen LogP contribution in [0.5, 0.6) is 28.7 Å². The lowest BCUT2D eigenvalue weighted by atomic mass is 9.98. The number of aromatic nitrogens is 1. The van der Waals surface area contributed by atoms with Crippen LogP contribution in [0.25, 0.3) is 38.6 Å². The molecule has 6 aromatic rings. The van der Waals surface area contributed by atoms with Crippen molar-refractivity contribution in [3.8, 4) is 45.6 Å². The number of hydrogen-bond donors (Lipinski definition) is 0. The lowest BCUT2D eigenvalue weighted by molar-refractivity contribution is 0.360. The Morgan fingerprint density at radius 2 is 1.35 bits per heavy atom. The number of benzene rings is 5. The van der Waals surface area contributed by atoms with Crippen LogP contribution >= 0.6 is 0 Å². The highest BCUT2D eigenvalue weighted by atomic mass is 16.6. The quantitative estimate of drug-likeness (QED) is 0.250. The van der Waals surface area contributed by atoms with Crippen LogP contribution in [0.15, 0.2) is 103 Å². The number of fused-ring (bicyclic) bond motifs is 5. The Hall–Kier alpha value is -4.70. The average Bonchev–Trinajstić information content (AvgIpc) is 3.27. The molecule has 0 unspecified atom stereocenters. The minimum absolute atomic E-state index is 0.712. The van der Waals surface area contributed by atoms with E-state index in [1.54, 1.807) is 7.11 Å². The Morgan fingerprint density at radius 1 is 0.649 bits per heavy atom. The fourth-order valence-corrected chi connectivity index (χ4v) is 5.40. The molecule has 0 saturated carbocycles. The molecule has 4 heteroatoms. The van der Waals surface area contributed by atoms with Crippen LogP contribution in [0.4, 0.5) is 0 Å². The van der Waals surface area contributed by atoms with Crippen molar-refractivity contribution >= 4 is 21.8 Å².